The van der Waals surface area contributed by atoms with Gasteiger partial charge in [-0.25, -0.2) is 9.69 Å². The van der Waals surface area contributed by atoms with Gasteiger partial charge in [-0.05, 0) is 24.1 Å². The van der Waals surface area contributed by atoms with Gasteiger partial charge in [-0.2, -0.15) is 0 Å². The molecule has 0 aliphatic carbocycles. The molecule has 3 rings (SSSR count). The van der Waals surface area contributed by atoms with Crippen LogP contribution in [0.25, 0.3) is 6.08 Å². The van der Waals surface area contributed by atoms with Gasteiger partial charge in [-0.15, -0.1) is 0 Å². The average molecular weight is 307 g/mol. The van der Waals surface area contributed by atoms with Crippen molar-refractivity contribution < 1.29 is 14.3 Å². The minimum Gasteiger partial charge on any atom is -0.439 e. The second-order valence-electron chi connectivity index (χ2n) is 5.41. The predicted octanol–water partition coefficient (Wildman–Crippen LogP) is 3.81. The molecule has 4 nitrogen and oxygen atoms in total. The molecule has 2 atom stereocenters. The van der Waals surface area contributed by atoms with Crippen LogP contribution < -0.4 is 0 Å². The summed E-state index contributed by atoms with van der Waals surface area (Å²) < 4.78 is 5.38. The molecule has 2 aromatic rings. The summed E-state index contributed by atoms with van der Waals surface area (Å²) in [4.78, 5) is 25.6. The van der Waals surface area contributed by atoms with E-state index in [9.17, 15) is 9.59 Å². The van der Waals surface area contributed by atoms with E-state index in [1.165, 1.54) is 6.08 Å². The maximum Gasteiger partial charge on any atom is 0.417 e. The van der Waals surface area contributed by atoms with Crippen LogP contribution in [0.4, 0.5) is 4.79 Å². The Kier molecular flexibility index (Phi) is 4.24. The molecule has 0 radical (unpaired) electrons. The van der Waals surface area contributed by atoms with Crippen LogP contribution >= 0.6 is 0 Å². The Bertz CT molecular complexity index is 725. The van der Waals surface area contributed by atoms with Crippen LogP contribution in [-0.2, 0) is 9.53 Å². The smallest absolute Gasteiger partial charge is 0.417 e. The van der Waals surface area contributed by atoms with Crippen molar-refractivity contribution in [2.75, 3.05) is 0 Å². The summed E-state index contributed by atoms with van der Waals surface area (Å²) in [5.74, 6) is -0.371. The molecule has 116 valence electrons. The van der Waals surface area contributed by atoms with Gasteiger partial charge in [-0.1, -0.05) is 60.7 Å². The summed E-state index contributed by atoms with van der Waals surface area (Å²) in [7, 11) is 0. The highest BCUT2D eigenvalue weighted by molar-refractivity contribution is 6.02. The molecular weight excluding hydrogens is 290 g/mol. The van der Waals surface area contributed by atoms with Gasteiger partial charge in [0.15, 0.2) is 0 Å². The maximum absolute atomic E-state index is 12.4. The number of carbonyl (C=O) groups is 2. The third-order valence-electron chi connectivity index (χ3n) is 3.85. The molecule has 1 aliphatic rings. The van der Waals surface area contributed by atoms with Crippen LogP contribution in [0.5, 0.6) is 0 Å². The number of hydrogen-bond donors (Lipinski definition) is 0. The highest BCUT2D eigenvalue weighted by Crippen LogP contribution is 2.32. The largest absolute Gasteiger partial charge is 0.439 e. The molecule has 2 amide bonds. The lowest BCUT2D eigenvalue weighted by atomic mass is 10.0. The third-order valence-corrected chi connectivity index (χ3v) is 3.85. The lowest BCUT2D eigenvalue weighted by Crippen LogP contribution is -2.36. The fraction of sp³-hybridized carbons (Fsp3) is 0.158. The summed E-state index contributed by atoms with van der Waals surface area (Å²) in [6.45, 7) is 1.82. The van der Waals surface area contributed by atoms with Crippen molar-refractivity contribution >= 4 is 18.1 Å². The maximum atomic E-state index is 12.4. The van der Waals surface area contributed by atoms with Crippen LogP contribution in [-0.4, -0.2) is 22.9 Å². The first-order valence-corrected chi connectivity index (χ1v) is 7.48. The first kappa shape index (κ1) is 15.0. The van der Waals surface area contributed by atoms with Gasteiger partial charge in [0.2, 0.25) is 0 Å². The van der Waals surface area contributed by atoms with E-state index in [1.807, 2.05) is 67.6 Å². The highest BCUT2D eigenvalue weighted by Gasteiger charge is 2.42. The zero-order valence-corrected chi connectivity index (χ0v) is 12.8. The van der Waals surface area contributed by atoms with Crippen LogP contribution in [0, 0.1) is 0 Å². The molecule has 1 fully saturated rings. The number of imide groups is 1. The van der Waals surface area contributed by atoms with E-state index < -0.39 is 12.2 Å². The fourth-order valence-electron chi connectivity index (χ4n) is 2.66. The molecule has 0 saturated carbocycles. The Morgan fingerprint density at radius 3 is 2.30 bits per heavy atom. The molecule has 1 aliphatic heterocycles. The van der Waals surface area contributed by atoms with Gasteiger partial charge in [0.25, 0.3) is 5.91 Å². The first-order valence-electron chi connectivity index (χ1n) is 7.48. The van der Waals surface area contributed by atoms with E-state index in [0.29, 0.717) is 0 Å². The normalized spacial score (nSPS) is 20.7. The van der Waals surface area contributed by atoms with E-state index in [0.717, 1.165) is 16.0 Å². The van der Waals surface area contributed by atoms with Crippen molar-refractivity contribution in [1.82, 2.24) is 4.90 Å². The lowest BCUT2D eigenvalue weighted by molar-refractivity contribution is -0.124. The summed E-state index contributed by atoms with van der Waals surface area (Å²) in [6.07, 6.45) is 2.06. The fourth-order valence-corrected chi connectivity index (χ4v) is 2.66. The topological polar surface area (TPSA) is 46.6 Å². The first-order chi connectivity index (χ1) is 11.2. The van der Waals surface area contributed by atoms with Gasteiger partial charge in [0, 0.05) is 6.08 Å². The van der Waals surface area contributed by atoms with Crippen molar-refractivity contribution in [3.05, 3.63) is 77.9 Å². The molecule has 23 heavy (non-hydrogen) atoms. The molecule has 0 N–H and O–H groups in total. The average Bonchev–Trinajstić information content (AvgIpc) is 2.89. The molecule has 1 saturated heterocycles. The minimum atomic E-state index is -0.603. The zero-order valence-electron chi connectivity index (χ0n) is 12.8. The van der Waals surface area contributed by atoms with Crippen LogP contribution in [0.3, 0.4) is 0 Å². The van der Waals surface area contributed by atoms with E-state index in [4.69, 9.17) is 4.74 Å². The summed E-state index contributed by atoms with van der Waals surface area (Å²) >= 11 is 0. The van der Waals surface area contributed by atoms with E-state index in [2.05, 4.69) is 0 Å². The van der Waals surface area contributed by atoms with Crippen LogP contribution in [0.1, 0.15) is 24.2 Å². The number of cyclic esters (lactones) is 1. The molecule has 0 unspecified atom stereocenters. The second-order valence-corrected chi connectivity index (χ2v) is 5.41. The number of nitrogens with zero attached hydrogens (tertiary/aromatic N) is 1. The van der Waals surface area contributed by atoms with Gasteiger partial charge in [-0.3, -0.25) is 4.79 Å². The van der Waals surface area contributed by atoms with Gasteiger partial charge in [0.05, 0.1) is 6.04 Å². The molecule has 4 heteroatoms. The third kappa shape index (κ3) is 3.16. The number of rotatable bonds is 3. The summed E-state index contributed by atoms with van der Waals surface area (Å²) in [5.41, 5.74) is 1.79. The molecule has 0 bridgehead atoms. The molecule has 2 aromatic carbocycles. The van der Waals surface area contributed by atoms with Crippen molar-refractivity contribution in [2.45, 2.75) is 19.1 Å². The zero-order chi connectivity index (χ0) is 16.2. The number of hydrogen-bond acceptors (Lipinski definition) is 3. The van der Waals surface area contributed by atoms with Crippen molar-refractivity contribution in [3.8, 4) is 0 Å². The van der Waals surface area contributed by atoms with Crippen molar-refractivity contribution in [3.63, 3.8) is 0 Å². The Morgan fingerprint density at radius 1 is 1.04 bits per heavy atom. The van der Waals surface area contributed by atoms with E-state index in [1.54, 1.807) is 6.08 Å². The van der Waals surface area contributed by atoms with E-state index >= 15 is 0 Å². The SMILES string of the molecule is C[C@H]1[C@@H](c2ccccc2)OC(=O)N1C(=O)/C=C/c1ccccc1. The van der Waals surface area contributed by atoms with Gasteiger partial charge < -0.3 is 4.74 Å². The van der Waals surface area contributed by atoms with Crippen LogP contribution in [0.2, 0.25) is 0 Å². The minimum absolute atomic E-state index is 0.349. The van der Waals surface area contributed by atoms with Gasteiger partial charge >= 0.3 is 6.09 Å². The number of benzene rings is 2. The summed E-state index contributed by atoms with van der Waals surface area (Å²) in [5, 5.41) is 0. The monoisotopic (exact) mass is 307 g/mol. The van der Waals surface area contributed by atoms with Gasteiger partial charge in [0.1, 0.15) is 6.10 Å². The Balaban J connectivity index is 1.76. The van der Waals surface area contributed by atoms with Crippen LogP contribution in [0.15, 0.2) is 66.7 Å². The Labute approximate surface area is 135 Å². The molecule has 0 spiro atoms. The molecule has 0 aromatic heterocycles. The number of carbonyl (C=O) groups excluding carboxylic acids is 2. The predicted molar refractivity (Wildman–Crippen MR) is 87.4 cm³/mol. The Hall–Kier alpha value is -2.88. The summed E-state index contributed by atoms with van der Waals surface area (Å²) in [6, 6.07) is 18.6. The second kappa shape index (κ2) is 6.48. The highest BCUT2D eigenvalue weighted by atomic mass is 16.6. The molecular formula is C19H17NO3. The lowest BCUT2D eigenvalue weighted by Gasteiger charge is -2.17. The van der Waals surface area contributed by atoms with Crippen molar-refractivity contribution in [1.29, 1.82) is 0 Å². The standard InChI is InChI=1S/C19H17NO3/c1-14-18(16-10-6-3-7-11-16)23-19(22)20(14)17(21)13-12-15-8-4-2-5-9-15/h2-14,18H,1H3/b13-12+/t14-,18-/m0/s1. The Morgan fingerprint density at radius 2 is 1.65 bits per heavy atom. The van der Waals surface area contributed by atoms with E-state index in [-0.39, 0.29) is 11.9 Å². The number of ether oxygens (including phenoxy) is 1. The molecule has 1 heterocycles. The quantitative estimate of drug-likeness (QED) is 0.810. The number of amides is 2. The van der Waals surface area contributed by atoms with Crippen molar-refractivity contribution in [2.24, 2.45) is 0 Å².